The van der Waals surface area contributed by atoms with Crippen LogP contribution in [0, 0.1) is 35.3 Å². The zero-order valence-electron chi connectivity index (χ0n) is 26.5. The van der Waals surface area contributed by atoms with Crippen LogP contribution in [0.5, 0.6) is 0 Å². The van der Waals surface area contributed by atoms with Gasteiger partial charge < -0.3 is 10.2 Å². The highest BCUT2D eigenvalue weighted by Gasteiger charge is 2.25. The Labute approximate surface area is 272 Å². The van der Waals surface area contributed by atoms with Crippen LogP contribution >= 0.6 is 11.6 Å². The smallest absolute Gasteiger partial charge is 0.291 e. The van der Waals surface area contributed by atoms with Crippen molar-refractivity contribution < 1.29 is 18.4 Å². The monoisotopic (exact) mass is 642 g/mol. The summed E-state index contributed by atoms with van der Waals surface area (Å²) in [7, 11) is 1.67. The number of halogens is 3. The lowest BCUT2D eigenvalue weighted by Crippen LogP contribution is -2.43. The Bertz CT molecular complexity index is 1830. The van der Waals surface area contributed by atoms with Crippen molar-refractivity contribution in [3.63, 3.8) is 0 Å². The van der Waals surface area contributed by atoms with Crippen LogP contribution in [-0.2, 0) is 0 Å². The molecule has 2 aromatic heterocycles. The second-order valence-electron chi connectivity index (χ2n) is 12.0. The first-order valence-corrected chi connectivity index (χ1v) is 14.4. The van der Waals surface area contributed by atoms with Gasteiger partial charge in [-0.3, -0.25) is 9.59 Å². The van der Waals surface area contributed by atoms with E-state index in [0.717, 1.165) is 23.8 Å². The zero-order chi connectivity index (χ0) is 34.1. The van der Waals surface area contributed by atoms with E-state index in [9.17, 15) is 18.4 Å². The Balaban J connectivity index is 0.000000251. The minimum Gasteiger partial charge on any atom is -0.345 e. The third kappa shape index (κ3) is 11.1. The van der Waals surface area contributed by atoms with Gasteiger partial charge in [0.2, 0.25) is 11.6 Å². The van der Waals surface area contributed by atoms with E-state index in [1.807, 2.05) is 53.7 Å². The lowest BCUT2D eigenvalue weighted by molar-refractivity contribution is 0.0642. The molecule has 46 heavy (non-hydrogen) atoms. The molecule has 1 N–H and O–H groups in total. The summed E-state index contributed by atoms with van der Waals surface area (Å²) in [6.45, 7) is 11.4. The number of carbonyl (C=O) groups is 2. The minimum absolute atomic E-state index is 0.0508. The second kappa shape index (κ2) is 15.2. The first kappa shape index (κ1) is 35.3. The van der Waals surface area contributed by atoms with Gasteiger partial charge >= 0.3 is 0 Å². The number of hydrogen-bond acceptors (Lipinski definition) is 6. The molecule has 0 saturated heterocycles. The Kier molecular flexibility index (Phi) is 11.7. The Morgan fingerprint density at radius 3 is 1.85 bits per heavy atom. The molecule has 8 nitrogen and oxygen atoms in total. The summed E-state index contributed by atoms with van der Waals surface area (Å²) in [5, 5.41) is 3.44. The number of aromatic nitrogens is 4. The quantitative estimate of drug-likeness (QED) is 0.266. The van der Waals surface area contributed by atoms with Crippen molar-refractivity contribution in [2.24, 2.45) is 0 Å². The Hall–Kier alpha value is -5.19. The largest absolute Gasteiger partial charge is 0.345 e. The number of nitrogens with zero attached hydrogens (tertiary/aromatic N) is 5. The number of rotatable bonds is 2. The zero-order valence-corrected chi connectivity index (χ0v) is 27.3. The van der Waals surface area contributed by atoms with Gasteiger partial charge in [-0.2, -0.15) is 0 Å². The van der Waals surface area contributed by atoms with Crippen molar-refractivity contribution in [1.29, 1.82) is 0 Å². The van der Waals surface area contributed by atoms with E-state index in [1.165, 1.54) is 29.7 Å². The van der Waals surface area contributed by atoms with Crippen LogP contribution in [0.2, 0.25) is 5.02 Å². The SMILES string of the molecule is CC(C)(C)NC(=O)c1ncc(C#Cc2cccc(Cl)c2)cn1.CN(C(=O)c1ncc(C#Cc2cc(F)ccc2F)cn1)C(C)(C)C. The molecule has 4 rings (SSSR count). The summed E-state index contributed by atoms with van der Waals surface area (Å²) in [6, 6.07) is 10.3. The van der Waals surface area contributed by atoms with E-state index in [-0.39, 0.29) is 40.1 Å². The van der Waals surface area contributed by atoms with E-state index >= 15 is 0 Å². The maximum absolute atomic E-state index is 13.5. The highest BCUT2D eigenvalue weighted by Crippen LogP contribution is 2.13. The molecular formula is C35H33ClF2N6O2. The third-order valence-electron chi connectivity index (χ3n) is 5.94. The summed E-state index contributed by atoms with van der Waals surface area (Å²) < 4.78 is 26.6. The van der Waals surface area contributed by atoms with Crippen LogP contribution in [0.25, 0.3) is 0 Å². The average Bonchev–Trinajstić information content (AvgIpc) is 2.99. The van der Waals surface area contributed by atoms with Crippen LogP contribution < -0.4 is 5.32 Å². The van der Waals surface area contributed by atoms with Crippen LogP contribution in [0.4, 0.5) is 8.78 Å². The van der Waals surface area contributed by atoms with Gasteiger partial charge in [-0.25, -0.2) is 28.7 Å². The highest BCUT2D eigenvalue weighted by molar-refractivity contribution is 6.30. The molecule has 0 unspecified atom stereocenters. The molecule has 2 amide bonds. The van der Waals surface area contributed by atoms with Crippen molar-refractivity contribution in [2.75, 3.05) is 7.05 Å². The predicted octanol–water partition coefficient (Wildman–Crippen LogP) is 6.08. The first-order valence-electron chi connectivity index (χ1n) is 14.0. The Morgan fingerprint density at radius 1 is 0.761 bits per heavy atom. The van der Waals surface area contributed by atoms with Crippen molar-refractivity contribution in [3.05, 3.63) is 118 Å². The van der Waals surface area contributed by atoms with Crippen LogP contribution in [0.1, 0.15) is 85.0 Å². The maximum atomic E-state index is 13.5. The molecule has 0 aliphatic rings. The standard InChI is InChI=1S/C18H17F2N3O.C17H16ClN3O/c1-18(2,3)23(4)17(24)16-21-10-12(11-22-16)5-6-13-9-14(19)7-8-15(13)20;1-17(2,3)21-16(22)15-19-10-13(11-20-15)8-7-12-5-4-6-14(18)9-12/h7-11H,1-4H3;4-6,9-11H,1-3H3,(H,21,22). The topological polar surface area (TPSA) is 101 Å². The lowest BCUT2D eigenvalue weighted by atomic mass is 10.1. The van der Waals surface area contributed by atoms with Crippen molar-refractivity contribution in [2.45, 2.75) is 52.6 Å². The number of benzene rings is 2. The fourth-order valence-corrected chi connectivity index (χ4v) is 3.50. The van der Waals surface area contributed by atoms with Gasteiger partial charge in [-0.05, 0) is 77.9 Å². The molecule has 11 heteroatoms. The van der Waals surface area contributed by atoms with E-state index in [2.05, 4.69) is 48.9 Å². The minimum atomic E-state index is -0.608. The molecular weight excluding hydrogens is 610 g/mol. The lowest BCUT2D eigenvalue weighted by Gasteiger charge is -2.31. The molecule has 4 aromatic rings. The summed E-state index contributed by atoms with van der Waals surface area (Å²) in [5.41, 5.74) is 1.10. The maximum Gasteiger partial charge on any atom is 0.291 e. The number of nitrogens with one attached hydrogen (secondary N) is 1. The molecule has 0 radical (unpaired) electrons. The average molecular weight is 643 g/mol. The predicted molar refractivity (Wildman–Crippen MR) is 173 cm³/mol. The summed E-state index contributed by atoms with van der Waals surface area (Å²) >= 11 is 5.90. The van der Waals surface area contributed by atoms with Crippen LogP contribution in [0.15, 0.2) is 67.3 Å². The molecule has 0 atom stereocenters. The number of amides is 2. The molecule has 0 spiro atoms. The van der Waals surface area contributed by atoms with E-state index in [0.29, 0.717) is 16.1 Å². The van der Waals surface area contributed by atoms with Crippen LogP contribution in [-0.4, -0.2) is 54.8 Å². The van der Waals surface area contributed by atoms with Gasteiger partial charge in [-0.15, -0.1) is 0 Å². The normalized spacial score (nSPS) is 10.7. The molecule has 0 fully saturated rings. The molecule has 0 bridgehead atoms. The van der Waals surface area contributed by atoms with Gasteiger partial charge in [0.1, 0.15) is 11.6 Å². The van der Waals surface area contributed by atoms with Crippen molar-refractivity contribution in [1.82, 2.24) is 30.2 Å². The molecule has 0 saturated carbocycles. The summed E-state index contributed by atoms with van der Waals surface area (Å²) in [4.78, 5) is 41.7. The number of carbonyl (C=O) groups excluding carboxylic acids is 2. The third-order valence-corrected chi connectivity index (χ3v) is 6.18. The summed E-state index contributed by atoms with van der Waals surface area (Å²) in [6.07, 6.45) is 5.81. The summed E-state index contributed by atoms with van der Waals surface area (Å²) in [5.74, 6) is 9.48. The molecule has 0 aliphatic carbocycles. The van der Waals surface area contributed by atoms with Gasteiger partial charge in [-0.1, -0.05) is 41.3 Å². The van der Waals surface area contributed by atoms with E-state index in [1.54, 1.807) is 19.2 Å². The fraction of sp³-hybridized carbons (Fsp3) is 0.257. The van der Waals surface area contributed by atoms with Crippen molar-refractivity contribution in [3.8, 4) is 23.7 Å². The van der Waals surface area contributed by atoms with Crippen molar-refractivity contribution >= 4 is 23.4 Å². The highest BCUT2D eigenvalue weighted by atomic mass is 35.5. The first-order chi connectivity index (χ1) is 21.5. The molecule has 2 heterocycles. The fourth-order valence-electron chi connectivity index (χ4n) is 3.31. The molecule has 2 aromatic carbocycles. The number of hydrogen-bond donors (Lipinski definition) is 1. The van der Waals surface area contributed by atoms with Gasteiger partial charge in [0, 0.05) is 53.5 Å². The van der Waals surface area contributed by atoms with E-state index in [4.69, 9.17) is 11.6 Å². The van der Waals surface area contributed by atoms with Crippen LogP contribution in [0.3, 0.4) is 0 Å². The Morgan fingerprint density at radius 2 is 1.30 bits per heavy atom. The van der Waals surface area contributed by atoms with E-state index < -0.39 is 11.6 Å². The van der Waals surface area contributed by atoms with Gasteiger partial charge in [0.05, 0.1) is 16.7 Å². The van der Waals surface area contributed by atoms with Gasteiger partial charge in [0.15, 0.2) is 0 Å². The van der Waals surface area contributed by atoms with Gasteiger partial charge in [0.25, 0.3) is 11.8 Å². The second-order valence-corrected chi connectivity index (χ2v) is 12.4. The molecule has 0 aliphatic heterocycles. The molecule has 236 valence electrons.